The zero-order valence-corrected chi connectivity index (χ0v) is 12.5. The molecule has 0 heterocycles. The summed E-state index contributed by atoms with van der Waals surface area (Å²) in [4.78, 5) is 23.1. The molecule has 4 nitrogen and oxygen atoms in total. The molecule has 0 aromatic heterocycles. The van der Waals surface area contributed by atoms with E-state index >= 15 is 0 Å². The van der Waals surface area contributed by atoms with Crippen molar-refractivity contribution in [2.24, 2.45) is 0 Å². The maximum atomic E-state index is 11.6. The summed E-state index contributed by atoms with van der Waals surface area (Å²) in [6, 6.07) is 6.31. The van der Waals surface area contributed by atoms with Gasteiger partial charge in [-0.3, -0.25) is 4.79 Å². The molecule has 0 aliphatic heterocycles. The smallest absolute Gasteiger partial charge is 0.338 e. The molecule has 1 aromatic carbocycles. The molecule has 0 aliphatic carbocycles. The first-order valence-electron chi connectivity index (χ1n) is 6.60. The summed E-state index contributed by atoms with van der Waals surface area (Å²) in [5.74, 6) is 0.273. The molecular weight excluding hydrogens is 280 g/mol. The van der Waals surface area contributed by atoms with Gasteiger partial charge in [-0.05, 0) is 51.0 Å². The zero-order chi connectivity index (χ0) is 15.0. The first-order chi connectivity index (χ1) is 9.52. The largest absolute Gasteiger partial charge is 0.459 e. The minimum atomic E-state index is -0.389. The summed E-state index contributed by atoms with van der Waals surface area (Å²) in [6.45, 7) is 3.57. The maximum Gasteiger partial charge on any atom is 0.338 e. The molecule has 0 atom stereocenters. The highest BCUT2D eigenvalue weighted by atomic mass is 35.5. The van der Waals surface area contributed by atoms with Gasteiger partial charge in [-0.1, -0.05) is 0 Å². The van der Waals surface area contributed by atoms with Gasteiger partial charge in [0, 0.05) is 12.3 Å². The second kappa shape index (κ2) is 8.59. The first kappa shape index (κ1) is 16.5. The molecule has 20 heavy (non-hydrogen) atoms. The Morgan fingerprint density at radius 2 is 1.80 bits per heavy atom. The van der Waals surface area contributed by atoms with E-state index in [9.17, 15) is 9.59 Å². The van der Waals surface area contributed by atoms with Crippen molar-refractivity contribution < 1.29 is 19.1 Å². The molecular formula is C15H19ClO4. The molecule has 0 bridgehead atoms. The van der Waals surface area contributed by atoms with Crippen LogP contribution in [0.3, 0.4) is 0 Å². The van der Waals surface area contributed by atoms with E-state index in [1.165, 1.54) is 0 Å². The van der Waals surface area contributed by atoms with Crippen LogP contribution in [0.25, 0.3) is 0 Å². The van der Waals surface area contributed by atoms with Gasteiger partial charge in [0.15, 0.2) is 0 Å². The van der Waals surface area contributed by atoms with Crippen molar-refractivity contribution in [3.05, 3.63) is 29.8 Å². The van der Waals surface area contributed by atoms with Crippen molar-refractivity contribution in [2.75, 3.05) is 5.88 Å². The van der Waals surface area contributed by atoms with Gasteiger partial charge >= 0.3 is 11.9 Å². The summed E-state index contributed by atoms with van der Waals surface area (Å²) < 4.78 is 10.2. The first-order valence-corrected chi connectivity index (χ1v) is 7.14. The van der Waals surface area contributed by atoms with Gasteiger partial charge < -0.3 is 9.47 Å². The Kier molecular flexibility index (Phi) is 7.09. The lowest BCUT2D eigenvalue weighted by molar-refractivity contribution is -0.134. The number of halogens is 1. The van der Waals surface area contributed by atoms with Crippen molar-refractivity contribution in [1.29, 1.82) is 0 Å². The monoisotopic (exact) mass is 298 g/mol. The van der Waals surface area contributed by atoms with E-state index in [0.29, 0.717) is 30.0 Å². The van der Waals surface area contributed by atoms with E-state index < -0.39 is 0 Å². The number of alkyl halides is 1. The second-order valence-corrected chi connectivity index (χ2v) is 4.98. The number of hydrogen-bond acceptors (Lipinski definition) is 4. The number of unbranched alkanes of at least 4 members (excludes halogenated alkanes) is 1. The predicted molar refractivity (Wildman–Crippen MR) is 77.2 cm³/mol. The molecule has 0 N–H and O–H groups in total. The number of rotatable bonds is 7. The van der Waals surface area contributed by atoms with Gasteiger partial charge in [0.1, 0.15) is 5.75 Å². The molecule has 110 valence electrons. The lowest BCUT2D eigenvalue weighted by atomic mass is 10.2. The fourth-order valence-corrected chi connectivity index (χ4v) is 1.68. The molecule has 0 radical (unpaired) electrons. The summed E-state index contributed by atoms with van der Waals surface area (Å²) >= 11 is 5.53. The Morgan fingerprint density at radius 1 is 1.15 bits per heavy atom. The van der Waals surface area contributed by atoms with Crippen LogP contribution >= 0.6 is 11.6 Å². The number of carbonyl (C=O) groups is 2. The summed E-state index contributed by atoms with van der Waals surface area (Å²) in [5.41, 5.74) is 0.431. The molecule has 0 aliphatic rings. The standard InChI is InChI=1S/C15H19ClO4/c1-11(2)19-15(18)12-6-8-13(9-7-12)20-14(17)5-3-4-10-16/h6-9,11H,3-5,10H2,1-2H3. The maximum absolute atomic E-state index is 11.6. The third-order valence-electron chi connectivity index (χ3n) is 2.43. The van der Waals surface area contributed by atoms with Gasteiger partial charge in [0.2, 0.25) is 0 Å². The highest BCUT2D eigenvalue weighted by Crippen LogP contribution is 2.14. The van der Waals surface area contributed by atoms with E-state index in [1.807, 2.05) is 0 Å². The number of hydrogen-bond donors (Lipinski definition) is 0. The van der Waals surface area contributed by atoms with Gasteiger partial charge in [-0.2, -0.15) is 0 Å². The number of benzene rings is 1. The van der Waals surface area contributed by atoms with E-state index in [1.54, 1.807) is 38.1 Å². The molecule has 5 heteroatoms. The van der Waals surface area contributed by atoms with Crippen molar-refractivity contribution in [3.8, 4) is 5.75 Å². The summed E-state index contributed by atoms with van der Waals surface area (Å²) in [6.07, 6.45) is 1.67. The molecule has 1 rings (SSSR count). The van der Waals surface area contributed by atoms with Gasteiger partial charge in [-0.25, -0.2) is 4.79 Å². The fraction of sp³-hybridized carbons (Fsp3) is 0.467. The SMILES string of the molecule is CC(C)OC(=O)c1ccc(OC(=O)CCCCCl)cc1. The van der Waals surface area contributed by atoms with E-state index in [0.717, 1.165) is 6.42 Å². The van der Waals surface area contributed by atoms with Crippen LogP contribution in [-0.2, 0) is 9.53 Å². The zero-order valence-electron chi connectivity index (χ0n) is 11.7. The number of ether oxygens (including phenoxy) is 2. The lowest BCUT2D eigenvalue weighted by Crippen LogP contribution is -2.12. The topological polar surface area (TPSA) is 52.6 Å². The Balaban J connectivity index is 2.50. The average Bonchev–Trinajstić information content (AvgIpc) is 2.39. The lowest BCUT2D eigenvalue weighted by Gasteiger charge is -2.08. The van der Waals surface area contributed by atoms with Crippen LogP contribution < -0.4 is 4.74 Å². The minimum Gasteiger partial charge on any atom is -0.459 e. The normalized spacial score (nSPS) is 10.4. The van der Waals surface area contributed by atoms with Gasteiger partial charge in [-0.15, -0.1) is 11.6 Å². The average molecular weight is 299 g/mol. The van der Waals surface area contributed by atoms with E-state index in [4.69, 9.17) is 21.1 Å². The third-order valence-corrected chi connectivity index (χ3v) is 2.70. The van der Waals surface area contributed by atoms with Gasteiger partial charge in [0.05, 0.1) is 11.7 Å². The minimum absolute atomic E-state index is 0.165. The molecule has 0 saturated heterocycles. The van der Waals surface area contributed by atoms with Crippen LogP contribution in [-0.4, -0.2) is 23.9 Å². The van der Waals surface area contributed by atoms with Crippen molar-refractivity contribution in [3.63, 3.8) is 0 Å². The van der Waals surface area contributed by atoms with E-state index in [-0.39, 0.29) is 18.0 Å². The van der Waals surface area contributed by atoms with Crippen molar-refractivity contribution in [2.45, 2.75) is 39.2 Å². The molecule has 0 unspecified atom stereocenters. The molecule has 0 amide bonds. The second-order valence-electron chi connectivity index (χ2n) is 4.60. The van der Waals surface area contributed by atoms with Crippen LogP contribution in [0.5, 0.6) is 5.75 Å². The van der Waals surface area contributed by atoms with Crippen LogP contribution in [0.1, 0.15) is 43.5 Å². The molecule has 0 spiro atoms. The van der Waals surface area contributed by atoms with Crippen LogP contribution in [0.15, 0.2) is 24.3 Å². The van der Waals surface area contributed by atoms with Crippen LogP contribution in [0, 0.1) is 0 Å². The molecule has 1 aromatic rings. The summed E-state index contributed by atoms with van der Waals surface area (Å²) in [7, 11) is 0. The Morgan fingerprint density at radius 3 is 2.35 bits per heavy atom. The highest BCUT2D eigenvalue weighted by Gasteiger charge is 2.10. The van der Waals surface area contributed by atoms with E-state index in [2.05, 4.69) is 0 Å². The van der Waals surface area contributed by atoms with Crippen LogP contribution in [0.4, 0.5) is 0 Å². The number of carbonyl (C=O) groups excluding carboxylic acids is 2. The molecule has 0 saturated carbocycles. The van der Waals surface area contributed by atoms with Crippen LogP contribution in [0.2, 0.25) is 0 Å². The Labute approximate surface area is 124 Å². The van der Waals surface area contributed by atoms with Gasteiger partial charge in [0.25, 0.3) is 0 Å². The fourth-order valence-electron chi connectivity index (χ4n) is 1.49. The third kappa shape index (κ3) is 6.06. The Bertz CT molecular complexity index is 440. The highest BCUT2D eigenvalue weighted by molar-refractivity contribution is 6.17. The predicted octanol–water partition coefficient (Wildman–Crippen LogP) is 3.57. The quantitative estimate of drug-likeness (QED) is 0.334. The molecule has 0 fully saturated rings. The number of esters is 2. The van der Waals surface area contributed by atoms with Crippen molar-refractivity contribution >= 4 is 23.5 Å². The Hall–Kier alpha value is -1.55. The summed E-state index contributed by atoms with van der Waals surface area (Å²) in [5, 5.41) is 0. The van der Waals surface area contributed by atoms with Crippen molar-refractivity contribution in [1.82, 2.24) is 0 Å².